The normalized spacial score (nSPS) is 19.5. The van der Waals surface area contributed by atoms with Crippen molar-refractivity contribution in [2.45, 2.75) is 56.6 Å². The van der Waals surface area contributed by atoms with Gasteiger partial charge in [-0.3, -0.25) is 9.69 Å². The van der Waals surface area contributed by atoms with E-state index in [2.05, 4.69) is 5.32 Å². The molecule has 0 radical (unpaired) electrons. The van der Waals surface area contributed by atoms with Gasteiger partial charge in [0.25, 0.3) is 15.9 Å². The lowest BCUT2D eigenvalue weighted by atomic mass is 10.0. The third-order valence-electron chi connectivity index (χ3n) is 6.78. The summed E-state index contributed by atoms with van der Waals surface area (Å²) in [6.45, 7) is 3.01. The van der Waals surface area contributed by atoms with E-state index in [0.717, 1.165) is 28.3 Å². The van der Waals surface area contributed by atoms with E-state index >= 15 is 0 Å². The van der Waals surface area contributed by atoms with Crippen LogP contribution in [0.1, 0.15) is 43.7 Å². The molecule has 9 heteroatoms. The van der Waals surface area contributed by atoms with E-state index < -0.39 is 28.1 Å². The molecule has 1 saturated heterocycles. The van der Waals surface area contributed by atoms with Crippen LogP contribution in [0, 0.1) is 0 Å². The molecule has 3 heterocycles. The second kappa shape index (κ2) is 9.37. The summed E-state index contributed by atoms with van der Waals surface area (Å²) in [4.78, 5) is 28.1. The third kappa shape index (κ3) is 4.07. The van der Waals surface area contributed by atoms with Gasteiger partial charge in [-0.05, 0) is 42.9 Å². The highest BCUT2D eigenvalue weighted by atomic mass is 32.2. The molecular formula is C26H29N3O5S. The number of likely N-dealkylation sites (tertiary alicyclic amines) is 1. The zero-order valence-electron chi connectivity index (χ0n) is 19.7. The molecule has 3 aliphatic rings. The first kappa shape index (κ1) is 23.4. The molecule has 0 saturated carbocycles. The topological polar surface area (TPSA) is 96.0 Å². The predicted molar refractivity (Wildman–Crippen MR) is 131 cm³/mol. The van der Waals surface area contributed by atoms with Crippen molar-refractivity contribution in [3.63, 3.8) is 0 Å². The summed E-state index contributed by atoms with van der Waals surface area (Å²) in [6, 6.07) is 13.8. The maximum absolute atomic E-state index is 13.9. The van der Waals surface area contributed by atoms with Crippen LogP contribution >= 0.6 is 0 Å². The maximum Gasteiger partial charge on any atom is 0.414 e. The fourth-order valence-corrected chi connectivity index (χ4v) is 7.00. The average molecular weight is 496 g/mol. The number of hydrogen-bond acceptors (Lipinski definition) is 6. The number of aryl methyl sites for hydroxylation is 1. The Morgan fingerprint density at radius 3 is 2.71 bits per heavy atom. The van der Waals surface area contributed by atoms with Crippen molar-refractivity contribution in [2.75, 3.05) is 18.4 Å². The third-order valence-corrected chi connectivity index (χ3v) is 8.62. The van der Waals surface area contributed by atoms with Gasteiger partial charge in [0.1, 0.15) is 11.5 Å². The van der Waals surface area contributed by atoms with Gasteiger partial charge in [-0.2, -0.15) is 0 Å². The van der Waals surface area contributed by atoms with Crippen LogP contribution in [0.25, 0.3) is 0 Å². The molecule has 0 aliphatic carbocycles. The molecular weight excluding hydrogens is 466 g/mol. The quantitative estimate of drug-likeness (QED) is 0.650. The number of carbonyl (C=O) groups excluding carboxylic acids is 2. The smallest absolute Gasteiger partial charge is 0.414 e. The summed E-state index contributed by atoms with van der Waals surface area (Å²) < 4.78 is 34.3. The zero-order valence-corrected chi connectivity index (χ0v) is 20.5. The number of fused-ring (bicyclic) bond motifs is 2. The Labute approximate surface area is 205 Å². The van der Waals surface area contributed by atoms with E-state index in [0.29, 0.717) is 49.3 Å². The summed E-state index contributed by atoms with van der Waals surface area (Å²) in [7, 11) is -4.14. The molecule has 0 bridgehead atoms. The summed E-state index contributed by atoms with van der Waals surface area (Å²) in [5.74, 6) is -0.541. The molecule has 2 aromatic rings. The van der Waals surface area contributed by atoms with Crippen LogP contribution in [0.4, 0.5) is 10.5 Å². The van der Waals surface area contributed by atoms with Crippen LogP contribution in [0.5, 0.6) is 0 Å². The average Bonchev–Trinajstić information content (AvgIpc) is 3.41. The molecule has 0 aromatic heterocycles. The Morgan fingerprint density at radius 1 is 1.14 bits per heavy atom. The Kier molecular flexibility index (Phi) is 6.27. The number of benzene rings is 2. The Bertz CT molecular complexity index is 1290. The Morgan fingerprint density at radius 2 is 1.94 bits per heavy atom. The molecule has 3 aliphatic heterocycles. The van der Waals surface area contributed by atoms with Gasteiger partial charge in [-0.15, -0.1) is 0 Å². The van der Waals surface area contributed by atoms with Crippen molar-refractivity contribution in [1.29, 1.82) is 0 Å². The molecule has 0 spiro atoms. The molecule has 2 aromatic carbocycles. The van der Waals surface area contributed by atoms with Crippen LogP contribution in [-0.4, -0.2) is 48.8 Å². The minimum Gasteiger partial charge on any atom is -0.444 e. The fraction of sp³-hybridized carbons (Fsp3) is 0.385. The Hall–Kier alpha value is -3.33. The van der Waals surface area contributed by atoms with Crippen molar-refractivity contribution in [3.05, 3.63) is 70.9 Å². The van der Waals surface area contributed by atoms with Crippen LogP contribution in [0.2, 0.25) is 0 Å². The van der Waals surface area contributed by atoms with Gasteiger partial charge < -0.3 is 10.1 Å². The highest BCUT2D eigenvalue weighted by Crippen LogP contribution is 2.43. The summed E-state index contributed by atoms with van der Waals surface area (Å²) in [5.41, 5.74) is 3.22. The van der Waals surface area contributed by atoms with Crippen molar-refractivity contribution in [3.8, 4) is 0 Å². The fourth-order valence-electron chi connectivity index (χ4n) is 5.21. The summed E-state index contributed by atoms with van der Waals surface area (Å²) in [5, 5.41) is 3.22. The molecule has 0 unspecified atom stereocenters. The lowest BCUT2D eigenvalue weighted by molar-refractivity contribution is -0.122. The first-order chi connectivity index (χ1) is 16.9. The highest BCUT2D eigenvalue weighted by molar-refractivity contribution is 7.90. The number of nitrogens with zero attached hydrogens (tertiary/aromatic N) is 2. The van der Waals surface area contributed by atoms with E-state index in [1.54, 1.807) is 12.1 Å². The second-order valence-electron chi connectivity index (χ2n) is 9.04. The van der Waals surface area contributed by atoms with E-state index in [4.69, 9.17) is 4.74 Å². The number of ether oxygens (including phenoxy) is 1. The molecule has 1 N–H and O–H groups in total. The van der Waals surface area contributed by atoms with Crippen LogP contribution in [0.15, 0.2) is 64.7 Å². The number of anilines is 1. The first-order valence-corrected chi connectivity index (χ1v) is 13.5. The first-order valence-electron chi connectivity index (χ1n) is 12.1. The van der Waals surface area contributed by atoms with Gasteiger partial charge in [0.15, 0.2) is 0 Å². The van der Waals surface area contributed by atoms with E-state index in [1.165, 1.54) is 4.90 Å². The second-order valence-corrected chi connectivity index (χ2v) is 10.8. The van der Waals surface area contributed by atoms with Gasteiger partial charge in [0.2, 0.25) is 0 Å². The van der Waals surface area contributed by atoms with Crippen LogP contribution in [0.3, 0.4) is 0 Å². The zero-order chi connectivity index (χ0) is 24.6. The molecule has 184 valence electrons. The molecule has 1 atom stereocenters. The predicted octanol–water partition coefficient (Wildman–Crippen LogP) is 4.04. The highest BCUT2D eigenvalue weighted by Gasteiger charge is 2.52. The van der Waals surface area contributed by atoms with Gasteiger partial charge in [0, 0.05) is 18.7 Å². The van der Waals surface area contributed by atoms with E-state index in [-0.39, 0.29) is 11.5 Å². The van der Waals surface area contributed by atoms with Crippen LogP contribution < -0.4 is 5.32 Å². The maximum atomic E-state index is 13.9. The number of sulfonamides is 1. The van der Waals surface area contributed by atoms with Crippen molar-refractivity contribution in [1.82, 2.24) is 9.21 Å². The molecule has 2 amide bonds. The summed E-state index contributed by atoms with van der Waals surface area (Å²) >= 11 is 0. The molecule has 1 fully saturated rings. The van der Waals surface area contributed by atoms with Crippen molar-refractivity contribution in [2.24, 2.45) is 0 Å². The monoisotopic (exact) mass is 495 g/mol. The van der Waals surface area contributed by atoms with Gasteiger partial charge in [0.05, 0.1) is 17.4 Å². The minimum absolute atomic E-state index is 0.106. The number of hydrogen-bond donors (Lipinski definition) is 1. The van der Waals surface area contributed by atoms with Gasteiger partial charge in [-0.1, -0.05) is 55.8 Å². The largest absolute Gasteiger partial charge is 0.444 e. The minimum atomic E-state index is -4.14. The van der Waals surface area contributed by atoms with Gasteiger partial charge >= 0.3 is 6.09 Å². The number of carbonyl (C=O) groups is 2. The standard InChI is InChI=1S/C26H29N3O5S/c1-2-8-20-24-21(14-16-28(24)26(31)34-17-18-9-4-3-5-10-18)29(25(20)30)35(32,33)22-13-6-11-19-12-7-15-27-23(19)22/h3-6,9-11,13,21,27H,2,7-8,12,14-17H2,1H3/t21-/m0/s1. The number of nitrogens with one attached hydrogen (secondary N) is 1. The summed E-state index contributed by atoms with van der Waals surface area (Å²) in [6.07, 6.45) is 2.54. The Balaban J connectivity index is 1.45. The SMILES string of the molecule is CCCC1=C2[C@H](CCN2C(=O)OCc2ccccc2)N(S(=O)(=O)c2cccc3c2NCCC3)C1=O. The van der Waals surface area contributed by atoms with Gasteiger partial charge in [-0.25, -0.2) is 17.5 Å². The van der Waals surface area contributed by atoms with E-state index in [9.17, 15) is 18.0 Å². The number of amides is 2. The van der Waals surface area contributed by atoms with Crippen molar-refractivity contribution < 1.29 is 22.7 Å². The van der Waals surface area contributed by atoms with Crippen LogP contribution in [-0.2, 0) is 32.6 Å². The van der Waals surface area contributed by atoms with Crippen molar-refractivity contribution >= 4 is 27.7 Å². The lowest BCUT2D eigenvalue weighted by Gasteiger charge is -2.27. The number of rotatable bonds is 6. The lowest BCUT2D eigenvalue weighted by Crippen LogP contribution is -2.40. The molecule has 5 rings (SSSR count). The number of para-hydroxylation sites is 1. The molecule has 35 heavy (non-hydrogen) atoms. The molecule has 8 nitrogen and oxygen atoms in total. The van der Waals surface area contributed by atoms with E-state index in [1.807, 2.05) is 43.3 Å².